The number of halogens is 1. The van der Waals surface area contributed by atoms with Crippen molar-refractivity contribution in [2.45, 2.75) is 31.8 Å². The van der Waals surface area contributed by atoms with Crippen molar-refractivity contribution in [3.63, 3.8) is 0 Å². The van der Waals surface area contributed by atoms with Crippen LogP contribution in [0.25, 0.3) is 0 Å². The molecule has 0 aliphatic heterocycles. The molecule has 1 fully saturated rings. The first-order valence-electron chi connectivity index (χ1n) is 6.37. The number of carbonyl (C=O) groups is 1. The topological polar surface area (TPSA) is 82.5 Å². The predicted molar refractivity (Wildman–Crippen MR) is 72.7 cm³/mol. The number of carboxylic acids is 1. The van der Waals surface area contributed by atoms with Gasteiger partial charge in [-0.3, -0.25) is 0 Å². The molecule has 5 nitrogen and oxygen atoms in total. The average molecular weight is 285 g/mol. The van der Waals surface area contributed by atoms with Gasteiger partial charge < -0.3 is 15.5 Å². The second kappa shape index (κ2) is 6.21. The van der Waals surface area contributed by atoms with Crippen LogP contribution in [0.2, 0.25) is 5.02 Å². The molecule has 1 aromatic heterocycles. The van der Waals surface area contributed by atoms with Gasteiger partial charge in [0.25, 0.3) is 0 Å². The van der Waals surface area contributed by atoms with Gasteiger partial charge in [0.15, 0.2) is 0 Å². The fourth-order valence-corrected chi connectivity index (χ4v) is 2.48. The molecule has 0 amide bonds. The molecular formula is C13H17ClN2O3. The highest BCUT2D eigenvalue weighted by atomic mass is 35.5. The molecule has 0 saturated heterocycles. The Balaban J connectivity index is 1.92. The Morgan fingerprint density at radius 2 is 2.11 bits per heavy atom. The summed E-state index contributed by atoms with van der Waals surface area (Å²) >= 11 is 5.76. The molecule has 1 aliphatic rings. The standard InChI is InChI=1S/C13H17ClN2O3/c14-11-7-16-12(5-10(11)13(18)19)15-6-8-1-3-9(17)4-2-8/h5,7-9,17H,1-4,6H2,(H,15,16)(H,18,19). The van der Waals surface area contributed by atoms with Crippen molar-refractivity contribution in [1.82, 2.24) is 4.98 Å². The van der Waals surface area contributed by atoms with E-state index in [2.05, 4.69) is 10.3 Å². The summed E-state index contributed by atoms with van der Waals surface area (Å²) in [6.07, 6.45) is 4.81. The lowest BCUT2D eigenvalue weighted by molar-refractivity contribution is 0.0697. The fourth-order valence-electron chi connectivity index (χ4n) is 2.30. The number of nitrogens with zero attached hydrogens (tertiary/aromatic N) is 1. The van der Waals surface area contributed by atoms with Gasteiger partial charge in [-0.05, 0) is 37.7 Å². The number of aliphatic hydroxyl groups excluding tert-OH is 1. The van der Waals surface area contributed by atoms with Crippen LogP contribution in [0.15, 0.2) is 12.3 Å². The maximum atomic E-state index is 10.9. The van der Waals surface area contributed by atoms with E-state index in [1.807, 2.05) is 0 Å². The van der Waals surface area contributed by atoms with E-state index in [1.54, 1.807) is 0 Å². The van der Waals surface area contributed by atoms with Gasteiger partial charge in [-0.25, -0.2) is 9.78 Å². The average Bonchev–Trinajstić information content (AvgIpc) is 2.39. The first-order valence-corrected chi connectivity index (χ1v) is 6.75. The molecule has 19 heavy (non-hydrogen) atoms. The minimum Gasteiger partial charge on any atom is -0.478 e. The largest absolute Gasteiger partial charge is 0.478 e. The third-order valence-corrected chi connectivity index (χ3v) is 3.78. The SMILES string of the molecule is O=C(O)c1cc(NCC2CCC(O)CC2)ncc1Cl. The number of hydrogen-bond acceptors (Lipinski definition) is 4. The van der Waals surface area contributed by atoms with Crippen molar-refractivity contribution in [3.05, 3.63) is 22.8 Å². The zero-order valence-electron chi connectivity index (χ0n) is 10.5. The number of nitrogens with one attached hydrogen (secondary N) is 1. The van der Waals surface area contributed by atoms with Crippen molar-refractivity contribution >= 4 is 23.4 Å². The first kappa shape index (κ1) is 14.1. The number of aromatic nitrogens is 1. The van der Waals surface area contributed by atoms with Gasteiger partial charge in [0, 0.05) is 12.7 Å². The van der Waals surface area contributed by atoms with E-state index in [9.17, 15) is 9.90 Å². The van der Waals surface area contributed by atoms with E-state index in [4.69, 9.17) is 16.7 Å². The normalized spacial score (nSPS) is 23.1. The maximum Gasteiger partial charge on any atom is 0.337 e. The molecule has 0 atom stereocenters. The first-order chi connectivity index (χ1) is 9.06. The summed E-state index contributed by atoms with van der Waals surface area (Å²) in [4.78, 5) is 15.0. The predicted octanol–water partition coefficient (Wildman–Crippen LogP) is 2.40. The van der Waals surface area contributed by atoms with Gasteiger partial charge in [0.2, 0.25) is 0 Å². The van der Waals surface area contributed by atoms with Crippen LogP contribution in [0, 0.1) is 5.92 Å². The highest BCUT2D eigenvalue weighted by Gasteiger charge is 2.19. The molecule has 1 aliphatic carbocycles. The minimum atomic E-state index is -1.06. The Morgan fingerprint density at radius 3 is 2.74 bits per heavy atom. The quantitative estimate of drug-likeness (QED) is 0.791. The molecule has 0 unspecified atom stereocenters. The lowest BCUT2D eigenvalue weighted by atomic mass is 9.87. The Labute approximate surface area is 116 Å². The number of rotatable bonds is 4. The lowest BCUT2D eigenvalue weighted by Crippen LogP contribution is -2.23. The molecule has 1 aromatic rings. The maximum absolute atomic E-state index is 10.9. The van der Waals surface area contributed by atoms with Crippen LogP contribution in [0.5, 0.6) is 0 Å². The van der Waals surface area contributed by atoms with E-state index in [1.165, 1.54) is 12.3 Å². The number of hydrogen-bond donors (Lipinski definition) is 3. The van der Waals surface area contributed by atoms with Crippen LogP contribution in [-0.2, 0) is 0 Å². The van der Waals surface area contributed by atoms with E-state index < -0.39 is 5.97 Å². The van der Waals surface area contributed by atoms with Gasteiger partial charge in [0.05, 0.1) is 16.7 Å². The Morgan fingerprint density at radius 1 is 1.42 bits per heavy atom. The van der Waals surface area contributed by atoms with E-state index in [0.717, 1.165) is 32.2 Å². The number of anilines is 1. The Kier molecular flexibility index (Phi) is 4.61. The summed E-state index contributed by atoms with van der Waals surface area (Å²) in [7, 11) is 0. The molecule has 1 heterocycles. The Bertz CT molecular complexity index is 459. The number of aromatic carboxylic acids is 1. The zero-order valence-corrected chi connectivity index (χ0v) is 11.2. The van der Waals surface area contributed by atoms with Gasteiger partial charge in [-0.2, -0.15) is 0 Å². The summed E-state index contributed by atoms with van der Waals surface area (Å²) in [5, 5.41) is 21.7. The molecule has 0 spiro atoms. The Hall–Kier alpha value is -1.33. The highest BCUT2D eigenvalue weighted by molar-refractivity contribution is 6.33. The lowest BCUT2D eigenvalue weighted by Gasteiger charge is -2.25. The van der Waals surface area contributed by atoms with Crippen LogP contribution in [0.4, 0.5) is 5.82 Å². The monoisotopic (exact) mass is 284 g/mol. The second-order valence-corrected chi connectivity index (χ2v) is 5.32. The van der Waals surface area contributed by atoms with E-state index >= 15 is 0 Å². The molecule has 2 rings (SSSR count). The molecule has 0 aromatic carbocycles. The van der Waals surface area contributed by atoms with Crippen LogP contribution < -0.4 is 5.32 Å². The third-order valence-electron chi connectivity index (χ3n) is 3.47. The third kappa shape index (κ3) is 3.81. The molecule has 0 bridgehead atoms. The summed E-state index contributed by atoms with van der Waals surface area (Å²) in [5.41, 5.74) is 0.0539. The molecule has 6 heteroatoms. The smallest absolute Gasteiger partial charge is 0.337 e. The van der Waals surface area contributed by atoms with Crippen LogP contribution >= 0.6 is 11.6 Å². The molecular weight excluding hydrogens is 268 g/mol. The van der Waals surface area contributed by atoms with E-state index in [0.29, 0.717) is 11.7 Å². The van der Waals surface area contributed by atoms with Crippen molar-refractivity contribution in [3.8, 4) is 0 Å². The molecule has 104 valence electrons. The summed E-state index contributed by atoms with van der Waals surface area (Å²) in [5.74, 6) is -0.0432. The van der Waals surface area contributed by atoms with Gasteiger partial charge in [0.1, 0.15) is 5.82 Å². The van der Waals surface area contributed by atoms with Crippen LogP contribution in [0.3, 0.4) is 0 Å². The summed E-state index contributed by atoms with van der Waals surface area (Å²) in [6.45, 7) is 0.737. The van der Waals surface area contributed by atoms with Crippen molar-refractivity contribution in [1.29, 1.82) is 0 Å². The fraction of sp³-hybridized carbons (Fsp3) is 0.538. The number of pyridine rings is 1. The summed E-state index contributed by atoms with van der Waals surface area (Å²) < 4.78 is 0. The number of carboxylic acid groups (broad SMARTS) is 1. The van der Waals surface area contributed by atoms with Crippen LogP contribution in [-0.4, -0.2) is 33.8 Å². The summed E-state index contributed by atoms with van der Waals surface area (Å²) in [6, 6.07) is 1.45. The number of aliphatic hydroxyl groups is 1. The highest BCUT2D eigenvalue weighted by Crippen LogP contribution is 2.25. The van der Waals surface area contributed by atoms with Gasteiger partial charge >= 0.3 is 5.97 Å². The molecule has 3 N–H and O–H groups in total. The van der Waals surface area contributed by atoms with Gasteiger partial charge in [-0.1, -0.05) is 11.6 Å². The van der Waals surface area contributed by atoms with Crippen molar-refractivity contribution in [2.75, 3.05) is 11.9 Å². The second-order valence-electron chi connectivity index (χ2n) is 4.91. The minimum absolute atomic E-state index is 0.0539. The molecule has 0 radical (unpaired) electrons. The van der Waals surface area contributed by atoms with Gasteiger partial charge in [-0.15, -0.1) is 0 Å². The molecule has 1 saturated carbocycles. The van der Waals surface area contributed by atoms with Crippen molar-refractivity contribution < 1.29 is 15.0 Å². The zero-order chi connectivity index (χ0) is 13.8. The van der Waals surface area contributed by atoms with E-state index in [-0.39, 0.29) is 16.7 Å². The van der Waals surface area contributed by atoms with Crippen molar-refractivity contribution in [2.24, 2.45) is 5.92 Å². The van der Waals surface area contributed by atoms with Crippen LogP contribution in [0.1, 0.15) is 36.0 Å².